The molecule has 1 heterocycles. The predicted molar refractivity (Wildman–Crippen MR) is 72.5 cm³/mol. The Morgan fingerprint density at radius 2 is 2.32 bits per heavy atom. The lowest BCUT2D eigenvalue weighted by Gasteiger charge is -1.97. The van der Waals surface area contributed by atoms with E-state index in [0.29, 0.717) is 17.5 Å². The minimum absolute atomic E-state index is 0.232. The third kappa shape index (κ3) is 4.65. The van der Waals surface area contributed by atoms with Gasteiger partial charge in [-0.1, -0.05) is 18.1 Å². The van der Waals surface area contributed by atoms with E-state index in [1.165, 1.54) is 23.9 Å². The Morgan fingerprint density at radius 3 is 3.11 bits per heavy atom. The van der Waals surface area contributed by atoms with Crippen molar-refractivity contribution in [2.24, 2.45) is 0 Å². The smallest absolute Gasteiger partial charge is 0.227 e. The Kier molecular flexibility index (Phi) is 5.35. The molecule has 19 heavy (non-hydrogen) atoms. The molecule has 1 aromatic heterocycles. The normalized spacial score (nSPS) is 10.8. The molecule has 0 spiro atoms. The summed E-state index contributed by atoms with van der Waals surface area (Å²) in [6.45, 7) is 3.81. The second-order valence-electron chi connectivity index (χ2n) is 3.95. The Balaban J connectivity index is 1.83. The average molecular weight is 281 g/mol. The average Bonchev–Trinajstić information content (AvgIpc) is 2.85. The van der Waals surface area contributed by atoms with Gasteiger partial charge in [0.25, 0.3) is 0 Å². The second-order valence-corrected chi connectivity index (χ2v) is 5.00. The lowest BCUT2D eigenvalue weighted by Crippen LogP contribution is -2.16. The Bertz CT molecular complexity index is 518. The van der Waals surface area contributed by atoms with Crippen LogP contribution in [-0.4, -0.2) is 23.2 Å². The van der Waals surface area contributed by atoms with Crippen LogP contribution >= 0.6 is 11.8 Å². The number of benzene rings is 1. The molecule has 102 valence electrons. The van der Waals surface area contributed by atoms with Crippen LogP contribution in [0.5, 0.6) is 0 Å². The fraction of sp³-hybridized carbons (Fsp3) is 0.385. The van der Waals surface area contributed by atoms with Crippen molar-refractivity contribution in [2.45, 2.75) is 24.0 Å². The highest BCUT2D eigenvalue weighted by Crippen LogP contribution is 2.22. The number of hydrogen-bond donors (Lipinski definition) is 1. The van der Waals surface area contributed by atoms with Gasteiger partial charge >= 0.3 is 0 Å². The monoisotopic (exact) mass is 281 g/mol. The lowest BCUT2D eigenvalue weighted by atomic mass is 10.4. The number of rotatable bonds is 7. The third-order valence-corrected chi connectivity index (χ3v) is 3.43. The molecule has 1 aromatic carbocycles. The van der Waals surface area contributed by atoms with E-state index in [0.717, 1.165) is 24.4 Å². The standard InChI is InChI=1S/C13H16FN3OS/c1-2-15-7-6-13-16-12(17-18-13)9-19-11-5-3-4-10(14)8-11/h3-5,8,15H,2,6-7,9H2,1H3. The number of hydrogen-bond acceptors (Lipinski definition) is 5. The third-order valence-electron chi connectivity index (χ3n) is 2.44. The zero-order valence-electron chi connectivity index (χ0n) is 10.7. The fourth-order valence-corrected chi connectivity index (χ4v) is 2.31. The first kappa shape index (κ1) is 14.0. The summed E-state index contributed by atoms with van der Waals surface area (Å²) in [5.74, 6) is 1.62. The summed E-state index contributed by atoms with van der Waals surface area (Å²) in [4.78, 5) is 5.15. The number of nitrogens with zero attached hydrogens (tertiary/aromatic N) is 2. The number of nitrogens with one attached hydrogen (secondary N) is 1. The van der Waals surface area contributed by atoms with Crippen molar-refractivity contribution in [3.8, 4) is 0 Å². The molecule has 6 heteroatoms. The predicted octanol–water partition coefficient (Wildman–Crippen LogP) is 2.65. The zero-order valence-corrected chi connectivity index (χ0v) is 11.5. The van der Waals surface area contributed by atoms with E-state index >= 15 is 0 Å². The van der Waals surface area contributed by atoms with Gasteiger partial charge in [0, 0.05) is 17.9 Å². The van der Waals surface area contributed by atoms with Crippen LogP contribution in [-0.2, 0) is 12.2 Å². The minimum Gasteiger partial charge on any atom is -0.339 e. The van der Waals surface area contributed by atoms with Crippen LogP contribution in [0.4, 0.5) is 4.39 Å². The van der Waals surface area contributed by atoms with Crippen molar-refractivity contribution in [3.63, 3.8) is 0 Å². The molecule has 2 aromatic rings. The molecular formula is C13H16FN3OS. The van der Waals surface area contributed by atoms with Gasteiger partial charge in [0.1, 0.15) is 5.82 Å². The first-order chi connectivity index (χ1) is 9.28. The van der Waals surface area contributed by atoms with Crippen molar-refractivity contribution in [1.82, 2.24) is 15.5 Å². The van der Waals surface area contributed by atoms with Gasteiger partial charge in [0.2, 0.25) is 5.89 Å². The summed E-state index contributed by atoms with van der Waals surface area (Å²) in [6.07, 6.45) is 0.728. The second kappa shape index (κ2) is 7.25. The fourth-order valence-electron chi connectivity index (χ4n) is 1.53. The number of likely N-dealkylation sites (N-methyl/N-ethyl adjacent to an activating group) is 1. The number of thioether (sulfide) groups is 1. The molecule has 4 nitrogen and oxygen atoms in total. The molecule has 1 N–H and O–H groups in total. The van der Waals surface area contributed by atoms with E-state index in [-0.39, 0.29) is 5.82 Å². The van der Waals surface area contributed by atoms with E-state index in [1.54, 1.807) is 6.07 Å². The van der Waals surface area contributed by atoms with Crippen molar-refractivity contribution < 1.29 is 8.91 Å². The molecular weight excluding hydrogens is 265 g/mol. The van der Waals surface area contributed by atoms with E-state index in [4.69, 9.17) is 4.52 Å². The number of halogens is 1. The van der Waals surface area contributed by atoms with Crippen molar-refractivity contribution in [1.29, 1.82) is 0 Å². The first-order valence-corrected chi connectivity index (χ1v) is 7.17. The maximum absolute atomic E-state index is 13.0. The van der Waals surface area contributed by atoms with Gasteiger partial charge in [-0.25, -0.2) is 4.39 Å². The SMILES string of the molecule is CCNCCc1nc(CSc2cccc(F)c2)no1. The van der Waals surface area contributed by atoms with Gasteiger partial charge in [-0.05, 0) is 24.7 Å². The Hall–Kier alpha value is -1.40. The van der Waals surface area contributed by atoms with Crippen LogP contribution in [0.25, 0.3) is 0 Å². The van der Waals surface area contributed by atoms with Crippen LogP contribution in [0.3, 0.4) is 0 Å². The van der Waals surface area contributed by atoms with Gasteiger partial charge in [-0.3, -0.25) is 0 Å². The molecule has 0 atom stereocenters. The summed E-state index contributed by atoms with van der Waals surface area (Å²) in [7, 11) is 0. The minimum atomic E-state index is -0.232. The number of aromatic nitrogens is 2. The topological polar surface area (TPSA) is 51.0 Å². The van der Waals surface area contributed by atoms with Gasteiger partial charge in [0.15, 0.2) is 5.82 Å². The van der Waals surface area contributed by atoms with Crippen molar-refractivity contribution >= 4 is 11.8 Å². The largest absolute Gasteiger partial charge is 0.339 e. The first-order valence-electron chi connectivity index (χ1n) is 6.18. The van der Waals surface area contributed by atoms with Crippen molar-refractivity contribution in [2.75, 3.05) is 13.1 Å². The van der Waals surface area contributed by atoms with E-state index in [1.807, 2.05) is 6.07 Å². The maximum atomic E-state index is 13.0. The summed E-state index contributed by atoms with van der Waals surface area (Å²) < 4.78 is 18.1. The van der Waals surface area contributed by atoms with Crippen LogP contribution < -0.4 is 5.32 Å². The summed E-state index contributed by atoms with van der Waals surface area (Å²) in [5.41, 5.74) is 0. The van der Waals surface area contributed by atoms with Crippen LogP contribution in [0.15, 0.2) is 33.7 Å². The van der Waals surface area contributed by atoms with Crippen LogP contribution in [0.2, 0.25) is 0 Å². The Labute approximate surface area is 115 Å². The molecule has 0 saturated heterocycles. The summed E-state index contributed by atoms with van der Waals surface area (Å²) in [6, 6.07) is 6.48. The highest BCUT2D eigenvalue weighted by atomic mass is 32.2. The molecule has 0 fully saturated rings. The zero-order chi connectivity index (χ0) is 13.5. The molecule has 2 rings (SSSR count). The molecule has 0 radical (unpaired) electrons. The Morgan fingerprint density at radius 1 is 1.42 bits per heavy atom. The molecule has 0 bridgehead atoms. The van der Waals surface area contributed by atoms with Gasteiger partial charge in [0.05, 0.1) is 5.75 Å². The van der Waals surface area contributed by atoms with Gasteiger partial charge < -0.3 is 9.84 Å². The summed E-state index contributed by atoms with van der Waals surface area (Å²) in [5, 5.41) is 7.10. The molecule has 0 aliphatic carbocycles. The molecule has 0 aliphatic rings. The van der Waals surface area contributed by atoms with E-state index in [9.17, 15) is 4.39 Å². The van der Waals surface area contributed by atoms with Gasteiger partial charge in [-0.2, -0.15) is 4.98 Å². The molecule has 0 unspecified atom stereocenters. The molecule has 0 saturated carbocycles. The van der Waals surface area contributed by atoms with Crippen molar-refractivity contribution in [3.05, 3.63) is 41.8 Å². The van der Waals surface area contributed by atoms with Gasteiger partial charge in [-0.15, -0.1) is 11.8 Å². The van der Waals surface area contributed by atoms with E-state index in [2.05, 4.69) is 22.4 Å². The quantitative estimate of drug-likeness (QED) is 0.624. The highest BCUT2D eigenvalue weighted by molar-refractivity contribution is 7.98. The summed E-state index contributed by atoms with van der Waals surface area (Å²) >= 11 is 1.49. The van der Waals surface area contributed by atoms with Crippen LogP contribution in [0.1, 0.15) is 18.6 Å². The maximum Gasteiger partial charge on any atom is 0.227 e. The highest BCUT2D eigenvalue weighted by Gasteiger charge is 2.06. The molecule has 0 aliphatic heterocycles. The van der Waals surface area contributed by atoms with E-state index < -0.39 is 0 Å². The van der Waals surface area contributed by atoms with Crippen LogP contribution in [0, 0.1) is 5.82 Å². The lowest BCUT2D eigenvalue weighted by molar-refractivity contribution is 0.372. The molecule has 0 amide bonds.